The average Bonchev–Trinajstić information content (AvgIpc) is 2.68. The first-order chi connectivity index (χ1) is 12.7. The van der Waals surface area contributed by atoms with Crippen LogP contribution in [0.1, 0.15) is 19.8 Å². The molecular weight excluding hydrogens is 324 g/mol. The maximum absolute atomic E-state index is 11.4. The molecule has 0 unspecified atom stereocenters. The molecule has 0 radical (unpaired) electrons. The maximum Gasteiger partial charge on any atom is 0.219 e. The van der Waals surface area contributed by atoms with Crippen LogP contribution in [0.4, 0.5) is 0 Å². The van der Waals surface area contributed by atoms with Crippen molar-refractivity contribution in [1.82, 2.24) is 9.88 Å². The van der Waals surface area contributed by atoms with E-state index in [9.17, 15) is 4.79 Å². The van der Waals surface area contributed by atoms with E-state index in [0.29, 0.717) is 0 Å². The second-order valence-electron chi connectivity index (χ2n) is 6.76. The molecule has 0 atom stereocenters. The zero-order valence-electron chi connectivity index (χ0n) is 14.9. The average molecular weight is 346 g/mol. The van der Waals surface area contributed by atoms with Crippen LogP contribution in [0.3, 0.4) is 0 Å². The van der Waals surface area contributed by atoms with Crippen molar-refractivity contribution in [1.29, 1.82) is 0 Å². The Kier molecular flexibility index (Phi) is 4.57. The van der Waals surface area contributed by atoms with Crippen molar-refractivity contribution >= 4 is 16.8 Å². The van der Waals surface area contributed by atoms with E-state index >= 15 is 0 Å². The Morgan fingerprint density at radius 1 is 1.04 bits per heavy atom. The van der Waals surface area contributed by atoms with Gasteiger partial charge in [-0.3, -0.25) is 9.78 Å². The molecule has 2 heterocycles. The number of piperidine rings is 1. The number of amides is 1. The van der Waals surface area contributed by atoms with Crippen LogP contribution in [0.15, 0.2) is 60.8 Å². The third-order valence-electron chi connectivity index (χ3n) is 4.97. The summed E-state index contributed by atoms with van der Waals surface area (Å²) >= 11 is 0. The first kappa shape index (κ1) is 16.6. The Labute approximate surface area is 153 Å². The maximum atomic E-state index is 11.4. The van der Waals surface area contributed by atoms with Gasteiger partial charge < -0.3 is 9.64 Å². The van der Waals surface area contributed by atoms with Gasteiger partial charge in [0.2, 0.25) is 5.91 Å². The summed E-state index contributed by atoms with van der Waals surface area (Å²) in [7, 11) is 0. The summed E-state index contributed by atoms with van der Waals surface area (Å²) in [6, 6.07) is 18.5. The lowest BCUT2D eigenvalue weighted by Crippen LogP contribution is -2.40. The van der Waals surface area contributed by atoms with Crippen LogP contribution in [0, 0.1) is 0 Å². The number of ether oxygens (including phenoxy) is 1. The molecule has 1 aliphatic rings. The predicted octanol–water partition coefficient (Wildman–Crippen LogP) is 4.29. The number of para-hydroxylation sites is 1. The molecule has 0 saturated carbocycles. The standard InChI is InChI=1S/C22H22N2O2/c1-16(25)24-12-10-21(11-13-24)26-20-8-6-17(7-9-20)19-14-18-4-2-3-5-22(18)23-15-19/h2-9,14-15,21H,10-13H2,1H3. The summed E-state index contributed by atoms with van der Waals surface area (Å²) in [4.78, 5) is 17.8. The van der Waals surface area contributed by atoms with Crippen LogP contribution in [-0.4, -0.2) is 35.0 Å². The molecule has 1 aliphatic heterocycles. The van der Waals surface area contributed by atoms with Gasteiger partial charge in [0.25, 0.3) is 0 Å². The zero-order chi connectivity index (χ0) is 17.9. The van der Waals surface area contributed by atoms with Crippen LogP contribution in [0.5, 0.6) is 5.75 Å². The summed E-state index contributed by atoms with van der Waals surface area (Å²) in [6.45, 7) is 3.18. The normalized spacial score (nSPS) is 15.2. The van der Waals surface area contributed by atoms with E-state index in [1.807, 2.05) is 41.4 Å². The predicted molar refractivity (Wildman–Crippen MR) is 103 cm³/mol. The number of carbonyl (C=O) groups is 1. The highest BCUT2D eigenvalue weighted by Crippen LogP contribution is 2.26. The number of aromatic nitrogens is 1. The first-order valence-electron chi connectivity index (χ1n) is 9.06. The number of hydrogen-bond acceptors (Lipinski definition) is 3. The highest BCUT2D eigenvalue weighted by molar-refractivity contribution is 5.83. The first-order valence-corrected chi connectivity index (χ1v) is 9.06. The molecule has 1 amide bonds. The molecule has 0 bridgehead atoms. The number of nitrogens with zero attached hydrogens (tertiary/aromatic N) is 2. The summed E-state index contributed by atoms with van der Waals surface area (Å²) in [5, 5.41) is 1.14. The van der Waals surface area contributed by atoms with E-state index in [0.717, 1.165) is 53.7 Å². The molecule has 1 fully saturated rings. The van der Waals surface area contributed by atoms with Gasteiger partial charge in [0.15, 0.2) is 0 Å². The fourth-order valence-corrected chi connectivity index (χ4v) is 3.44. The zero-order valence-corrected chi connectivity index (χ0v) is 14.9. The number of benzene rings is 2. The molecule has 2 aromatic carbocycles. The van der Waals surface area contributed by atoms with Crippen molar-refractivity contribution in [3.63, 3.8) is 0 Å². The number of hydrogen-bond donors (Lipinski definition) is 0. The second kappa shape index (κ2) is 7.16. The van der Waals surface area contributed by atoms with Crippen LogP contribution < -0.4 is 4.74 Å². The number of rotatable bonds is 3. The van der Waals surface area contributed by atoms with E-state index in [-0.39, 0.29) is 12.0 Å². The Morgan fingerprint density at radius 3 is 2.50 bits per heavy atom. The van der Waals surface area contributed by atoms with Gasteiger partial charge in [-0.1, -0.05) is 30.3 Å². The van der Waals surface area contributed by atoms with Crippen LogP contribution in [0.25, 0.3) is 22.0 Å². The van der Waals surface area contributed by atoms with Gasteiger partial charge in [-0.15, -0.1) is 0 Å². The Bertz CT molecular complexity index is 913. The fourth-order valence-electron chi connectivity index (χ4n) is 3.44. The Morgan fingerprint density at radius 2 is 1.77 bits per heavy atom. The smallest absolute Gasteiger partial charge is 0.219 e. The quantitative estimate of drug-likeness (QED) is 0.710. The lowest BCUT2D eigenvalue weighted by molar-refractivity contribution is -0.130. The number of likely N-dealkylation sites (tertiary alicyclic amines) is 1. The molecule has 132 valence electrons. The molecule has 1 saturated heterocycles. The van der Waals surface area contributed by atoms with Gasteiger partial charge >= 0.3 is 0 Å². The summed E-state index contributed by atoms with van der Waals surface area (Å²) in [5.41, 5.74) is 3.24. The molecule has 4 heteroatoms. The number of carbonyl (C=O) groups excluding carboxylic acids is 1. The van der Waals surface area contributed by atoms with Crippen molar-refractivity contribution < 1.29 is 9.53 Å². The molecule has 3 aromatic rings. The SMILES string of the molecule is CC(=O)N1CCC(Oc2ccc(-c3cnc4ccccc4c3)cc2)CC1. The van der Waals surface area contributed by atoms with E-state index in [4.69, 9.17) is 4.74 Å². The Hall–Kier alpha value is -2.88. The monoisotopic (exact) mass is 346 g/mol. The van der Waals surface area contributed by atoms with E-state index in [1.54, 1.807) is 6.92 Å². The minimum Gasteiger partial charge on any atom is -0.490 e. The highest BCUT2D eigenvalue weighted by Gasteiger charge is 2.21. The second-order valence-corrected chi connectivity index (χ2v) is 6.76. The largest absolute Gasteiger partial charge is 0.490 e. The van der Waals surface area contributed by atoms with Gasteiger partial charge in [0.05, 0.1) is 5.52 Å². The molecule has 0 spiro atoms. The molecule has 0 aliphatic carbocycles. The van der Waals surface area contributed by atoms with Crippen LogP contribution in [0.2, 0.25) is 0 Å². The van der Waals surface area contributed by atoms with Crippen molar-refractivity contribution in [2.75, 3.05) is 13.1 Å². The topological polar surface area (TPSA) is 42.4 Å². The lowest BCUT2D eigenvalue weighted by atomic mass is 10.0. The molecule has 4 rings (SSSR count). The molecule has 0 N–H and O–H groups in total. The highest BCUT2D eigenvalue weighted by atomic mass is 16.5. The van der Waals surface area contributed by atoms with Crippen LogP contribution in [-0.2, 0) is 4.79 Å². The van der Waals surface area contributed by atoms with Gasteiger partial charge in [0.1, 0.15) is 11.9 Å². The summed E-state index contributed by atoms with van der Waals surface area (Å²) < 4.78 is 6.09. The van der Waals surface area contributed by atoms with Gasteiger partial charge in [-0.25, -0.2) is 0 Å². The summed E-state index contributed by atoms with van der Waals surface area (Å²) in [5.74, 6) is 1.03. The van der Waals surface area contributed by atoms with Crippen LogP contribution >= 0.6 is 0 Å². The molecular formula is C22H22N2O2. The number of pyridine rings is 1. The molecule has 1 aromatic heterocycles. The minimum absolute atomic E-state index is 0.150. The van der Waals surface area contributed by atoms with E-state index in [1.165, 1.54) is 0 Å². The summed E-state index contributed by atoms with van der Waals surface area (Å²) in [6.07, 6.45) is 3.86. The van der Waals surface area contributed by atoms with Gasteiger partial charge in [-0.05, 0) is 29.8 Å². The fraction of sp³-hybridized carbons (Fsp3) is 0.273. The van der Waals surface area contributed by atoms with Crippen molar-refractivity contribution in [3.05, 3.63) is 60.8 Å². The van der Waals surface area contributed by atoms with Crippen molar-refractivity contribution in [2.45, 2.75) is 25.9 Å². The Balaban J connectivity index is 1.44. The third kappa shape index (κ3) is 3.54. The minimum atomic E-state index is 0.150. The third-order valence-corrected chi connectivity index (χ3v) is 4.97. The molecule has 26 heavy (non-hydrogen) atoms. The van der Waals surface area contributed by atoms with E-state index in [2.05, 4.69) is 29.2 Å². The molecule has 4 nitrogen and oxygen atoms in total. The number of fused-ring (bicyclic) bond motifs is 1. The van der Waals surface area contributed by atoms with E-state index < -0.39 is 0 Å². The lowest BCUT2D eigenvalue weighted by Gasteiger charge is -2.31. The van der Waals surface area contributed by atoms with Crippen molar-refractivity contribution in [3.8, 4) is 16.9 Å². The van der Waals surface area contributed by atoms with Gasteiger partial charge in [0, 0.05) is 50.0 Å². The van der Waals surface area contributed by atoms with Crippen molar-refractivity contribution in [2.24, 2.45) is 0 Å². The van der Waals surface area contributed by atoms with Gasteiger partial charge in [-0.2, -0.15) is 0 Å².